The molecule has 2 aromatic carbocycles. The maximum absolute atomic E-state index is 13.5. The smallest absolute Gasteiger partial charge is 0.359 e. The molecule has 12 heteroatoms. The molecule has 0 aliphatic carbocycles. The first-order chi connectivity index (χ1) is 16.6. The molecule has 1 aliphatic rings. The number of benzene rings is 2. The second-order valence-electron chi connectivity index (χ2n) is 7.81. The molecular formula is C23H15F6N5O. The van der Waals surface area contributed by atoms with Crippen molar-refractivity contribution in [2.24, 2.45) is 5.10 Å². The summed E-state index contributed by atoms with van der Waals surface area (Å²) < 4.78 is 84.4. The van der Waals surface area contributed by atoms with Gasteiger partial charge in [-0.15, -0.1) is 0 Å². The Morgan fingerprint density at radius 1 is 0.943 bits per heavy atom. The fourth-order valence-electron chi connectivity index (χ4n) is 3.71. The lowest BCUT2D eigenvalue weighted by Gasteiger charge is -2.19. The number of nitrogens with zero attached hydrogens (tertiary/aromatic N) is 4. The van der Waals surface area contributed by atoms with E-state index in [0.29, 0.717) is 18.4 Å². The summed E-state index contributed by atoms with van der Waals surface area (Å²) >= 11 is 0. The summed E-state index contributed by atoms with van der Waals surface area (Å²) in [6, 6.07) is 12.1. The minimum atomic E-state index is -5.01. The molecule has 5 rings (SSSR count). The highest BCUT2D eigenvalue weighted by Crippen LogP contribution is 2.40. The Balaban J connectivity index is 1.36. The summed E-state index contributed by atoms with van der Waals surface area (Å²) in [5.74, 6) is 0.861. The Morgan fingerprint density at radius 3 is 2.43 bits per heavy atom. The number of hydrazone groups is 1. The molecule has 35 heavy (non-hydrogen) atoms. The van der Waals surface area contributed by atoms with Crippen molar-refractivity contribution in [1.82, 2.24) is 20.1 Å². The molecule has 0 unspecified atom stereocenters. The Kier molecular flexibility index (Phi) is 5.37. The van der Waals surface area contributed by atoms with Gasteiger partial charge in [-0.2, -0.15) is 31.4 Å². The van der Waals surface area contributed by atoms with Crippen LogP contribution in [-0.2, 0) is 25.4 Å². The third kappa shape index (κ3) is 4.63. The second-order valence-corrected chi connectivity index (χ2v) is 7.81. The predicted octanol–water partition coefficient (Wildman–Crippen LogP) is 6.12. The molecule has 180 valence electrons. The molecule has 2 aromatic heterocycles. The Bertz CT molecular complexity index is 1390. The number of aromatic nitrogens is 3. The first kappa shape index (κ1) is 22.7. The molecule has 6 nitrogen and oxygen atoms in total. The van der Waals surface area contributed by atoms with E-state index in [9.17, 15) is 26.3 Å². The molecule has 0 spiro atoms. The number of halogens is 6. The lowest BCUT2D eigenvalue weighted by Crippen LogP contribution is -2.21. The number of hydrogen-bond acceptors (Lipinski definition) is 5. The lowest BCUT2D eigenvalue weighted by molar-refractivity contribution is -0.142. The Hall–Kier alpha value is -4.09. The number of nitrogens with one attached hydrogen (secondary N) is 1. The summed E-state index contributed by atoms with van der Waals surface area (Å²) in [4.78, 5) is 7.77. The van der Waals surface area contributed by atoms with Gasteiger partial charge in [0.1, 0.15) is 11.5 Å². The van der Waals surface area contributed by atoms with Crippen LogP contribution in [0.25, 0.3) is 22.6 Å². The number of H-pyrrole nitrogens is 1. The number of rotatable bonds is 4. The fraction of sp³-hybridized carbons (Fsp3) is 0.174. The van der Waals surface area contributed by atoms with Crippen LogP contribution in [0.5, 0.6) is 0 Å². The minimum absolute atomic E-state index is 0.0679. The molecule has 1 aliphatic heterocycles. The molecule has 3 heterocycles. The molecular weight excluding hydrogens is 476 g/mol. The van der Waals surface area contributed by atoms with Crippen molar-refractivity contribution in [2.75, 3.05) is 0 Å². The number of alkyl halides is 6. The van der Waals surface area contributed by atoms with Crippen LogP contribution < -0.4 is 0 Å². The number of fused-ring (bicyclic) bond motifs is 1. The van der Waals surface area contributed by atoms with Crippen molar-refractivity contribution in [1.29, 1.82) is 0 Å². The zero-order chi connectivity index (χ0) is 24.8. The van der Waals surface area contributed by atoms with Crippen molar-refractivity contribution >= 4 is 6.21 Å². The highest BCUT2D eigenvalue weighted by atomic mass is 19.4. The van der Waals surface area contributed by atoms with Gasteiger partial charge in [0.15, 0.2) is 5.76 Å². The van der Waals surface area contributed by atoms with E-state index in [2.05, 4.69) is 20.2 Å². The molecule has 1 N–H and O–H groups in total. The number of aromatic amines is 1. The highest BCUT2D eigenvalue weighted by molar-refractivity contribution is 5.80. The van der Waals surface area contributed by atoms with Gasteiger partial charge in [0, 0.05) is 17.2 Å². The van der Waals surface area contributed by atoms with Crippen LogP contribution in [-0.4, -0.2) is 26.3 Å². The molecule has 0 saturated heterocycles. The van der Waals surface area contributed by atoms with Crippen LogP contribution in [0.15, 0.2) is 64.2 Å². The third-order valence-electron chi connectivity index (χ3n) is 5.37. The van der Waals surface area contributed by atoms with Crippen LogP contribution >= 0.6 is 0 Å². The largest absolute Gasteiger partial charge is 0.417 e. The van der Waals surface area contributed by atoms with Crippen LogP contribution in [0.1, 0.15) is 28.3 Å². The summed E-state index contributed by atoms with van der Waals surface area (Å²) in [5, 5.41) is 9.53. The predicted molar refractivity (Wildman–Crippen MR) is 113 cm³/mol. The molecule has 0 radical (unpaired) electrons. The van der Waals surface area contributed by atoms with E-state index in [-0.39, 0.29) is 24.1 Å². The maximum atomic E-state index is 13.5. The first-order valence-corrected chi connectivity index (χ1v) is 10.3. The average Bonchev–Trinajstić information content (AvgIpc) is 3.45. The summed E-state index contributed by atoms with van der Waals surface area (Å²) in [7, 11) is 0. The zero-order valence-electron chi connectivity index (χ0n) is 17.7. The van der Waals surface area contributed by atoms with Gasteiger partial charge in [-0.05, 0) is 12.1 Å². The van der Waals surface area contributed by atoms with E-state index in [0.717, 1.165) is 23.0 Å². The average molecular weight is 491 g/mol. The van der Waals surface area contributed by atoms with Gasteiger partial charge < -0.3 is 9.51 Å². The second kappa shape index (κ2) is 8.29. The van der Waals surface area contributed by atoms with Crippen molar-refractivity contribution in [3.8, 4) is 22.6 Å². The lowest BCUT2D eigenvalue weighted by atomic mass is 10.0. The SMILES string of the molecule is FC(F)(F)c1ccc(-c2cc(CN3Cc4nc(-c5ccccc5)[nH]c4C=N3)on2)c(C(F)(F)F)c1. The summed E-state index contributed by atoms with van der Waals surface area (Å²) in [6.45, 7) is 0.373. The van der Waals surface area contributed by atoms with E-state index < -0.39 is 29.0 Å². The molecule has 0 amide bonds. The van der Waals surface area contributed by atoms with Gasteiger partial charge in [0.05, 0.1) is 41.8 Å². The monoisotopic (exact) mass is 491 g/mol. The zero-order valence-corrected chi connectivity index (χ0v) is 17.7. The van der Waals surface area contributed by atoms with Crippen molar-refractivity contribution in [2.45, 2.75) is 25.4 Å². The van der Waals surface area contributed by atoms with Crippen molar-refractivity contribution in [3.05, 3.63) is 82.9 Å². The van der Waals surface area contributed by atoms with Crippen molar-refractivity contribution < 1.29 is 30.9 Å². The first-order valence-electron chi connectivity index (χ1n) is 10.3. The van der Waals surface area contributed by atoms with E-state index in [1.54, 1.807) is 11.2 Å². The standard InChI is InChI=1S/C23H15F6N5O/c24-22(25,26)14-6-7-16(17(8-14)23(27,28)29)18-9-15(35-33-18)11-34-12-20-19(10-30-34)31-21(32-20)13-4-2-1-3-5-13/h1-10H,11-12H2,(H,31,32). The maximum Gasteiger partial charge on any atom is 0.417 e. The van der Waals surface area contributed by atoms with E-state index in [1.807, 2.05) is 30.3 Å². The Labute approximate surface area is 193 Å². The van der Waals surface area contributed by atoms with Crippen LogP contribution in [0.4, 0.5) is 26.3 Å². The van der Waals surface area contributed by atoms with E-state index in [4.69, 9.17) is 4.52 Å². The van der Waals surface area contributed by atoms with E-state index >= 15 is 0 Å². The quantitative estimate of drug-likeness (QED) is 0.349. The van der Waals surface area contributed by atoms with Crippen molar-refractivity contribution in [3.63, 3.8) is 0 Å². The molecule has 0 saturated carbocycles. The summed E-state index contributed by atoms with van der Waals surface area (Å²) in [6.07, 6.45) is -8.35. The van der Waals surface area contributed by atoms with Crippen LogP contribution in [0.2, 0.25) is 0 Å². The van der Waals surface area contributed by atoms with Gasteiger partial charge in [-0.3, -0.25) is 5.01 Å². The minimum Gasteiger partial charge on any atom is -0.359 e. The van der Waals surface area contributed by atoms with Gasteiger partial charge in [-0.1, -0.05) is 41.6 Å². The fourth-order valence-corrected chi connectivity index (χ4v) is 3.71. The number of imidazole rings is 1. The molecule has 0 bridgehead atoms. The third-order valence-corrected chi connectivity index (χ3v) is 5.37. The van der Waals surface area contributed by atoms with Gasteiger partial charge in [-0.25, -0.2) is 4.98 Å². The van der Waals surface area contributed by atoms with Gasteiger partial charge >= 0.3 is 12.4 Å². The highest BCUT2D eigenvalue weighted by Gasteiger charge is 2.39. The summed E-state index contributed by atoms with van der Waals surface area (Å²) in [5.41, 5.74) is -1.22. The number of hydrogen-bond donors (Lipinski definition) is 1. The normalized spacial score (nSPS) is 13.8. The van der Waals surface area contributed by atoms with Crippen LogP contribution in [0, 0.1) is 0 Å². The van der Waals surface area contributed by atoms with Gasteiger partial charge in [0.25, 0.3) is 0 Å². The van der Waals surface area contributed by atoms with Crippen LogP contribution in [0.3, 0.4) is 0 Å². The van der Waals surface area contributed by atoms with E-state index in [1.165, 1.54) is 6.07 Å². The Morgan fingerprint density at radius 2 is 1.71 bits per heavy atom. The molecule has 0 fully saturated rings. The molecule has 0 atom stereocenters. The molecule has 4 aromatic rings. The van der Waals surface area contributed by atoms with Gasteiger partial charge in [0.2, 0.25) is 0 Å². The topological polar surface area (TPSA) is 70.3 Å².